The molecule has 0 aliphatic heterocycles. The summed E-state index contributed by atoms with van der Waals surface area (Å²) in [6, 6.07) is 3.99. The first kappa shape index (κ1) is 17.3. The number of likely N-dealkylation sites (N-methyl/N-ethyl adjacent to an activating group) is 1. The predicted molar refractivity (Wildman–Crippen MR) is 85.6 cm³/mol. The van der Waals surface area contributed by atoms with E-state index in [2.05, 4.69) is 25.7 Å². The number of nitrogens with zero attached hydrogens (tertiary/aromatic N) is 1. The van der Waals surface area contributed by atoms with Gasteiger partial charge in [0.1, 0.15) is 5.76 Å². The summed E-state index contributed by atoms with van der Waals surface area (Å²) in [5, 5.41) is 0. The molecule has 20 heavy (non-hydrogen) atoms. The summed E-state index contributed by atoms with van der Waals surface area (Å²) in [5.41, 5.74) is 6.16. The van der Waals surface area contributed by atoms with Gasteiger partial charge in [-0.2, -0.15) is 0 Å². The van der Waals surface area contributed by atoms with Crippen molar-refractivity contribution in [1.29, 1.82) is 0 Å². The average Bonchev–Trinajstić information content (AvgIpc) is 2.97. The van der Waals surface area contributed by atoms with E-state index < -0.39 is 0 Å². The summed E-state index contributed by atoms with van der Waals surface area (Å²) in [5.74, 6) is 1.03. The van der Waals surface area contributed by atoms with Crippen molar-refractivity contribution < 1.29 is 4.42 Å². The van der Waals surface area contributed by atoms with Crippen LogP contribution in [0.25, 0.3) is 0 Å². The maximum absolute atomic E-state index is 6.08. The molecule has 1 aromatic rings. The third-order valence-corrected chi connectivity index (χ3v) is 4.33. The molecule has 116 valence electrons. The molecule has 0 aliphatic rings. The van der Waals surface area contributed by atoms with Crippen LogP contribution in [0.5, 0.6) is 0 Å². The van der Waals surface area contributed by atoms with Gasteiger partial charge in [-0.25, -0.2) is 0 Å². The van der Waals surface area contributed by atoms with Crippen LogP contribution in [-0.4, -0.2) is 23.5 Å². The molecule has 0 radical (unpaired) electrons. The number of unbranched alkanes of at least 4 members (excludes halogenated alkanes) is 4. The quantitative estimate of drug-likeness (QED) is 0.618. The lowest BCUT2D eigenvalue weighted by Gasteiger charge is -2.40. The molecule has 0 saturated heterocycles. The highest BCUT2D eigenvalue weighted by Crippen LogP contribution is 2.24. The van der Waals surface area contributed by atoms with E-state index in [9.17, 15) is 0 Å². The van der Waals surface area contributed by atoms with Crippen LogP contribution in [-0.2, 0) is 6.54 Å². The van der Waals surface area contributed by atoms with Crippen molar-refractivity contribution >= 4 is 0 Å². The second kappa shape index (κ2) is 9.19. The molecule has 0 aliphatic carbocycles. The first-order valence-electron chi connectivity index (χ1n) is 8.13. The molecule has 0 bridgehead atoms. The van der Waals surface area contributed by atoms with E-state index in [1.165, 1.54) is 38.5 Å². The van der Waals surface area contributed by atoms with Gasteiger partial charge in [-0.05, 0) is 32.0 Å². The number of hydrogen-bond donors (Lipinski definition) is 1. The lowest BCUT2D eigenvalue weighted by Crippen LogP contribution is -2.51. The molecule has 1 heterocycles. The molecular weight excluding hydrogens is 248 g/mol. The molecule has 0 saturated carbocycles. The van der Waals surface area contributed by atoms with Crippen molar-refractivity contribution in [1.82, 2.24) is 4.90 Å². The van der Waals surface area contributed by atoms with E-state index in [0.717, 1.165) is 18.8 Å². The number of hydrogen-bond acceptors (Lipinski definition) is 3. The van der Waals surface area contributed by atoms with Crippen LogP contribution in [0.3, 0.4) is 0 Å². The molecule has 1 atom stereocenters. The second-order valence-electron chi connectivity index (χ2n) is 5.96. The van der Waals surface area contributed by atoms with Crippen LogP contribution >= 0.6 is 0 Å². The summed E-state index contributed by atoms with van der Waals surface area (Å²) in [6.07, 6.45) is 9.50. The minimum atomic E-state index is 0.0771. The first-order chi connectivity index (χ1) is 9.66. The summed E-state index contributed by atoms with van der Waals surface area (Å²) >= 11 is 0. The van der Waals surface area contributed by atoms with Gasteiger partial charge in [0, 0.05) is 12.1 Å². The fraction of sp³-hybridized carbons (Fsp3) is 0.765. The van der Waals surface area contributed by atoms with Crippen molar-refractivity contribution in [3.8, 4) is 0 Å². The van der Waals surface area contributed by atoms with Crippen LogP contribution < -0.4 is 5.73 Å². The molecule has 0 spiro atoms. The molecule has 3 nitrogen and oxygen atoms in total. The highest BCUT2D eigenvalue weighted by molar-refractivity contribution is 5.00. The molecule has 0 amide bonds. The zero-order valence-corrected chi connectivity index (χ0v) is 13.5. The second-order valence-corrected chi connectivity index (χ2v) is 5.96. The van der Waals surface area contributed by atoms with Crippen molar-refractivity contribution in [3.63, 3.8) is 0 Å². The molecule has 2 N–H and O–H groups in total. The van der Waals surface area contributed by atoms with Crippen LogP contribution in [0.15, 0.2) is 22.8 Å². The van der Waals surface area contributed by atoms with Gasteiger partial charge in [0.2, 0.25) is 0 Å². The summed E-state index contributed by atoms with van der Waals surface area (Å²) < 4.78 is 5.48. The molecule has 0 fully saturated rings. The van der Waals surface area contributed by atoms with Gasteiger partial charge in [0.25, 0.3) is 0 Å². The van der Waals surface area contributed by atoms with E-state index in [1.807, 2.05) is 12.1 Å². The maximum atomic E-state index is 6.08. The largest absolute Gasteiger partial charge is 0.468 e. The molecule has 1 aromatic heterocycles. The summed E-state index contributed by atoms with van der Waals surface area (Å²) in [7, 11) is 0. The highest BCUT2D eigenvalue weighted by Gasteiger charge is 2.29. The van der Waals surface area contributed by atoms with Gasteiger partial charge < -0.3 is 10.2 Å². The predicted octanol–water partition coefficient (Wildman–Crippen LogP) is 4.18. The van der Waals surface area contributed by atoms with E-state index in [4.69, 9.17) is 10.2 Å². The minimum absolute atomic E-state index is 0.0771. The molecule has 3 heteroatoms. The topological polar surface area (TPSA) is 42.4 Å². The van der Waals surface area contributed by atoms with Gasteiger partial charge in [-0.1, -0.05) is 46.0 Å². The lowest BCUT2D eigenvalue weighted by atomic mass is 9.91. The first-order valence-corrected chi connectivity index (χ1v) is 8.13. The van der Waals surface area contributed by atoms with Crippen LogP contribution in [0.4, 0.5) is 0 Å². The number of nitrogens with two attached hydrogens (primary N) is 1. The van der Waals surface area contributed by atoms with Crippen molar-refractivity contribution in [2.45, 2.75) is 71.4 Å². The van der Waals surface area contributed by atoms with Crippen molar-refractivity contribution in [2.75, 3.05) is 13.1 Å². The Bertz CT molecular complexity index is 337. The average molecular weight is 280 g/mol. The monoisotopic (exact) mass is 280 g/mol. The van der Waals surface area contributed by atoms with Crippen LogP contribution in [0, 0.1) is 0 Å². The molecular formula is C17H32N2O. The Morgan fingerprint density at radius 3 is 2.50 bits per heavy atom. The Morgan fingerprint density at radius 2 is 1.95 bits per heavy atom. The van der Waals surface area contributed by atoms with E-state index in [0.29, 0.717) is 6.54 Å². The summed E-state index contributed by atoms with van der Waals surface area (Å²) in [4.78, 5) is 2.45. The maximum Gasteiger partial charge on any atom is 0.117 e. The Balaban J connectivity index is 2.50. The van der Waals surface area contributed by atoms with Crippen molar-refractivity contribution in [2.24, 2.45) is 5.73 Å². The highest BCUT2D eigenvalue weighted by atomic mass is 16.3. The van der Waals surface area contributed by atoms with Gasteiger partial charge in [-0.3, -0.25) is 4.90 Å². The summed E-state index contributed by atoms with van der Waals surface area (Å²) in [6.45, 7) is 9.31. The van der Waals surface area contributed by atoms with E-state index >= 15 is 0 Å². The van der Waals surface area contributed by atoms with Crippen LogP contribution in [0.2, 0.25) is 0 Å². The number of rotatable bonds is 11. The fourth-order valence-corrected chi connectivity index (χ4v) is 2.77. The Kier molecular flexibility index (Phi) is 7.93. The smallest absolute Gasteiger partial charge is 0.117 e. The standard InChI is InChI=1S/C17H32N2O/c1-4-6-7-8-9-12-17(3,15-18)19(5-2)14-16-11-10-13-20-16/h10-11,13H,4-9,12,14-15,18H2,1-3H3. The Labute approximate surface area is 124 Å². The zero-order valence-electron chi connectivity index (χ0n) is 13.5. The lowest BCUT2D eigenvalue weighted by molar-refractivity contribution is 0.0885. The molecule has 1 unspecified atom stereocenters. The fourth-order valence-electron chi connectivity index (χ4n) is 2.77. The zero-order chi connectivity index (χ0) is 14.8. The third-order valence-electron chi connectivity index (χ3n) is 4.33. The Hall–Kier alpha value is -0.800. The SMILES string of the molecule is CCCCCCCC(C)(CN)N(CC)Cc1ccco1. The number of furan rings is 1. The van der Waals surface area contributed by atoms with Gasteiger partial charge >= 0.3 is 0 Å². The van der Waals surface area contributed by atoms with Crippen molar-refractivity contribution in [3.05, 3.63) is 24.2 Å². The molecule has 0 aromatic carbocycles. The van der Waals surface area contributed by atoms with Gasteiger partial charge in [0.15, 0.2) is 0 Å². The van der Waals surface area contributed by atoms with E-state index in [-0.39, 0.29) is 5.54 Å². The minimum Gasteiger partial charge on any atom is -0.468 e. The van der Waals surface area contributed by atoms with E-state index in [1.54, 1.807) is 6.26 Å². The Morgan fingerprint density at radius 1 is 1.20 bits per heavy atom. The van der Waals surface area contributed by atoms with Gasteiger partial charge in [0.05, 0.1) is 12.8 Å². The third kappa shape index (κ3) is 5.29. The van der Waals surface area contributed by atoms with Crippen LogP contribution in [0.1, 0.15) is 65.1 Å². The van der Waals surface area contributed by atoms with Gasteiger partial charge in [-0.15, -0.1) is 0 Å². The molecule has 1 rings (SSSR count). The normalized spacial score (nSPS) is 14.7.